The molecule has 4 heteroatoms. The van der Waals surface area contributed by atoms with Crippen molar-refractivity contribution in [1.82, 2.24) is 6.15 Å². The summed E-state index contributed by atoms with van der Waals surface area (Å²) in [5.74, 6) is 0. The Morgan fingerprint density at radius 2 is 2.00 bits per heavy atom. The zero-order valence-electron chi connectivity index (χ0n) is 8.73. The van der Waals surface area contributed by atoms with Crippen LogP contribution in [0.2, 0.25) is 6.04 Å². The summed E-state index contributed by atoms with van der Waals surface area (Å²) in [4.78, 5) is 0. The largest absolute Gasteiger partial charge is 0.419 e. The maximum atomic E-state index is 5.76. The third-order valence-electron chi connectivity index (χ3n) is 1.68. The molecule has 0 amide bonds. The molecule has 3 nitrogen and oxygen atoms in total. The lowest BCUT2D eigenvalue weighted by molar-refractivity contribution is 0.104. The van der Waals surface area contributed by atoms with Crippen LogP contribution in [0.3, 0.4) is 0 Å². The SMILES string of the molecule is CC[SiH2]OC(C)(C)CCCN.N. The van der Waals surface area contributed by atoms with Gasteiger partial charge in [-0.1, -0.05) is 6.92 Å². The summed E-state index contributed by atoms with van der Waals surface area (Å²) < 4.78 is 5.76. The standard InChI is InChI=1S/C8H21NOSi.H3N/c1-4-11-10-8(2,3)6-5-7-9;/h4-7,9,11H2,1-3H3;1H3. The van der Waals surface area contributed by atoms with Crippen molar-refractivity contribution >= 4 is 9.76 Å². The first-order valence-corrected chi connectivity index (χ1v) is 6.04. The molecule has 0 rings (SSSR count). The molecule has 0 aromatic heterocycles. The molecule has 0 aliphatic carbocycles. The van der Waals surface area contributed by atoms with Gasteiger partial charge in [-0.15, -0.1) is 0 Å². The summed E-state index contributed by atoms with van der Waals surface area (Å²) in [5, 5.41) is 0. The van der Waals surface area contributed by atoms with E-state index in [2.05, 4.69) is 20.8 Å². The van der Waals surface area contributed by atoms with Gasteiger partial charge in [-0.25, -0.2) is 0 Å². The molecule has 0 spiro atoms. The van der Waals surface area contributed by atoms with Crippen LogP contribution >= 0.6 is 0 Å². The Balaban J connectivity index is 0. The molecule has 0 aliphatic rings. The Morgan fingerprint density at radius 3 is 2.42 bits per heavy atom. The lowest BCUT2D eigenvalue weighted by Gasteiger charge is -2.25. The lowest BCUT2D eigenvalue weighted by atomic mass is 10.0. The molecule has 12 heavy (non-hydrogen) atoms. The van der Waals surface area contributed by atoms with Gasteiger partial charge in [0.25, 0.3) is 0 Å². The van der Waals surface area contributed by atoms with E-state index in [1.807, 2.05) is 0 Å². The molecule has 5 N–H and O–H groups in total. The lowest BCUT2D eigenvalue weighted by Crippen LogP contribution is -2.27. The van der Waals surface area contributed by atoms with E-state index in [4.69, 9.17) is 10.2 Å². The van der Waals surface area contributed by atoms with Crippen LogP contribution in [0.4, 0.5) is 0 Å². The van der Waals surface area contributed by atoms with E-state index in [-0.39, 0.29) is 21.5 Å². The van der Waals surface area contributed by atoms with Crippen LogP contribution in [0, 0.1) is 0 Å². The van der Waals surface area contributed by atoms with Gasteiger partial charge in [-0.2, -0.15) is 0 Å². The van der Waals surface area contributed by atoms with E-state index in [0.717, 1.165) is 19.4 Å². The summed E-state index contributed by atoms with van der Waals surface area (Å²) >= 11 is 0. The van der Waals surface area contributed by atoms with Gasteiger partial charge < -0.3 is 16.3 Å². The Labute approximate surface area is 78.6 Å². The molecule has 0 radical (unpaired) electrons. The molecule has 0 aromatic carbocycles. The highest BCUT2D eigenvalue weighted by atomic mass is 28.2. The molecule has 0 aliphatic heterocycles. The molecule has 0 saturated carbocycles. The summed E-state index contributed by atoms with van der Waals surface area (Å²) in [6, 6.07) is 1.23. The van der Waals surface area contributed by atoms with Gasteiger partial charge in [0, 0.05) is 5.60 Å². The fourth-order valence-electron chi connectivity index (χ4n) is 0.978. The number of hydrogen-bond acceptors (Lipinski definition) is 3. The van der Waals surface area contributed by atoms with Crippen LogP contribution in [0.1, 0.15) is 33.6 Å². The van der Waals surface area contributed by atoms with Crippen molar-refractivity contribution in [2.75, 3.05) is 6.54 Å². The Bertz CT molecular complexity index is 89.1. The van der Waals surface area contributed by atoms with Crippen LogP contribution in [-0.2, 0) is 4.43 Å². The Kier molecular flexibility index (Phi) is 9.41. The maximum absolute atomic E-state index is 5.76. The zero-order valence-corrected chi connectivity index (χ0v) is 10.1. The first-order chi connectivity index (χ1) is 5.12. The van der Waals surface area contributed by atoms with Crippen LogP contribution in [-0.4, -0.2) is 21.9 Å². The topological polar surface area (TPSA) is 70.2 Å². The minimum atomic E-state index is -0.251. The van der Waals surface area contributed by atoms with E-state index in [0.29, 0.717) is 0 Å². The van der Waals surface area contributed by atoms with Crippen LogP contribution in [0.15, 0.2) is 0 Å². The second kappa shape index (κ2) is 7.73. The smallest absolute Gasteiger partial charge is 0.162 e. The van der Waals surface area contributed by atoms with Crippen molar-refractivity contribution in [2.24, 2.45) is 5.73 Å². The molecule has 0 heterocycles. The number of rotatable bonds is 6. The summed E-state index contributed by atoms with van der Waals surface area (Å²) in [7, 11) is -0.251. The number of nitrogens with two attached hydrogens (primary N) is 1. The van der Waals surface area contributed by atoms with Gasteiger partial charge in [0.2, 0.25) is 0 Å². The van der Waals surface area contributed by atoms with Crippen LogP contribution < -0.4 is 11.9 Å². The molecule has 0 atom stereocenters. The molecule has 76 valence electrons. The van der Waals surface area contributed by atoms with E-state index in [1.165, 1.54) is 6.04 Å². The van der Waals surface area contributed by atoms with Gasteiger partial charge in [0.1, 0.15) is 0 Å². The molecule has 0 unspecified atom stereocenters. The van der Waals surface area contributed by atoms with Gasteiger partial charge in [0.15, 0.2) is 9.76 Å². The average Bonchev–Trinajstić information content (AvgIpc) is 1.97. The van der Waals surface area contributed by atoms with E-state index in [9.17, 15) is 0 Å². The Hall–Kier alpha value is 0.0969. The molecule has 0 bridgehead atoms. The summed E-state index contributed by atoms with van der Waals surface area (Å²) in [6.45, 7) is 7.28. The fraction of sp³-hybridized carbons (Fsp3) is 1.00. The third-order valence-corrected chi connectivity index (χ3v) is 3.07. The third kappa shape index (κ3) is 8.20. The van der Waals surface area contributed by atoms with Gasteiger partial charge in [0.05, 0.1) is 0 Å². The van der Waals surface area contributed by atoms with Crippen molar-refractivity contribution < 1.29 is 4.43 Å². The number of hydrogen-bond donors (Lipinski definition) is 2. The van der Waals surface area contributed by atoms with Crippen molar-refractivity contribution in [3.8, 4) is 0 Å². The molecular weight excluding hydrogens is 168 g/mol. The minimum absolute atomic E-state index is 0. The molecule has 0 aromatic rings. The second-order valence-corrected chi connectivity index (χ2v) is 5.20. The highest BCUT2D eigenvalue weighted by Crippen LogP contribution is 2.15. The normalized spacial score (nSPS) is 12.0. The van der Waals surface area contributed by atoms with E-state index >= 15 is 0 Å². The maximum Gasteiger partial charge on any atom is 0.162 e. The summed E-state index contributed by atoms with van der Waals surface area (Å²) in [6.07, 6.45) is 2.17. The van der Waals surface area contributed by atoms with E-state index < -0.39 is 0 Å². The van der Waals surface area contributed by atoms with Gasteiger partial charge in [-0.05, 0) is 39.3 Å². The molecule has 0 fully saturated rings. The quantitative estimate of drug-likeness (QED) is 0.621. The predicted molar refractivity (Wildman–Crippen MR) is 57.5 cm³/mol. The van der Waals surface area contributed by atoms with Crippen molar-refractivity contribution in [1.29, 1.82) is 0 Å². The van der Waals surface area contributed by atoms with Crippen molar-refractivity contribution in [3.05, 3.63) is 0 Å². The minimum Gasteiger partial charge on any atom is -0.419 e. The van der Waals surface area contributed by atoms with Gasteiger partial charge >= 0.3 is 0 Å². The Morgan fingerprint density at radius 1 is 1.42 bits per heavy atom. The second-order valence-electron chi connectivity index (χ2n) is 3.50. The average molecular weight is 192 g/mol. The summed E-state index contributed by atoms with van der Waals surface area (Å²) in [5.41, 5.74) is 5.51. The van der Waals surface area contributed by atoms with Crippen LogP contribution in [0.25, 0.3) is 0 Å². The molecule has 0 saturated heterocycles. The molecular formula is C8H24N2OSi. The predicted octanol–water partition coefficient (Wildman–Crippen LogP) is 1.20. The van der Waals surface area contributed by atoms with E-state index in [1.54, 1.807) is 0 Å². The zero-order chi connectivity index (χ0) is 8.74. The monoisotopic (exact) mass is 192 g/mol. The van der Waals surface area contributed by atoms with Crippen LogP contribution in [0.5, 0.6) is 0 Å². The highest BCUT2D eigenvalue weighted by Gasteiger charge is 2.15. The fourth-order valence-corrected chi connectivity index (χ4v) is 1.88. The highest BCUT2D eigenvalue weighted by molar-refractivity contribution is 6.27. The van der Waals surface area contributed by atoms with Crippen molar-refractivity contribution in [3.63, 3.8) is 0 Å². The van der Waals surface area contributed by atoms with Crippen molar-refractivity contribution in [2.45, 2.75) is 45.3 Å². The van der Waals surface area contributed by atoms with Gasteiger partial charge in [-0.3, -0.25) is 0 Å². The first kappa shape index (κ1) is 14.6. The first-order valence-electron chi connectivity index (χ1n) is 4.46.